The van der Waals surface area contributed by atoms with Crippen LogP contribution in [0.4, 0.5) is 18.9 Å². The first-order valence-electron chi connectivity index (χ1n) is 11.7. The summed E-state index contributed by atoms with van der Waals surface area (Å²) in [5.41, 5.74) is -1.38. The molecule has 5 rings (SSSR count). The summed E-state index contributed by atoms with van der Waals surface area (Å²) in [5.74, 6) is -2.77. The molecule has 9 nitrogen and oxygen atoms in total. The maximum absolute atomic E-state index is 15.9. The maximum atomic E-state index is 15.9. The Balaban J connectivity index is 1.81. The fraction of sp³-hybridized carbons (Fsp3) is 0.231. The molecule has 3 heterocycles. The van der Waals surface area contributed by atoms with E-state index in [1.165, 1.54) is 21.9 Å². The first kappa shape index (κ1) is 25.2. The summed E-state index contributed by atoms with van der Waals surface area (Å²) in [6, 6.07) is 10.7. The van der Waals surface area contributed by atoms with E-state index in [2.05, 4.69) is 15.3 Å². The summed E-state index contributed by atoms with van der Waals surface area (Å²) >= 11 is 0. The Morgan fingerprint density at radius 1 is 1.18 bits per heavy atom. The van der Waals surface area contributed by atoms with Crippen LogP contribution in [-0.4, -0.2) is 51.9 Å². The van der Waals surface area contributed by atoms with Crippen LogP contribution in [0.3, 0.4) is 0 Å². The van der Waals surface area contributed by atoms with Crippen molar-refractivity contribution in [3.8, 4) is 5.75 Å². The summed E-state index contributed by atoms with van der Waals surface area (Å²) in [6.45, 7) is -2.45. The van der Waals surface area contributed by atoms with E-state index in [-0.39, 0.29) is 29.7 Å². The van der Waals surface area contributed by atoms with Gasteiger partial charge in [-0.25, -0.2) is 19.2 Å². The van der Waals surface area contributed by atoms with Crippen LogP contribution in [0.25, 0.3) is 10.9 Å². The largest absolute Gasteiger partial charge is 0.477 e. The van der Waals surface area contributed by atoms with Crippen molar-refractivity contribution in [2.24, 2.45) is 0 Å². The minimum atomic E-state index is -3.35. The summed E-state index contributed by atoms with van der Waals surface area (Å²) in [4.78, 5) is 35.0. The third-order valence-electron chi connectivity index (χ3n) is 6.29. The van der Waals surface area contributed by atoms with Gasteiger partial charge in [0.05, 0.1) is 10.9 Å². The van der Waals surface area contributed by atoms with Crippen LogP contribution < -0.4 is 20.4 Å². The monoisotopic (exact) mass is 525 g/mol. The van der Waals surface area contributed by atoms with Crippen LogP contribution in [0, 0.1) is 5.82 Å². The molecule has 4 aromatic rings. The minimum absolute atomic E-state index is 0.00928. The van der Waals surface area contributed by atoms with E-state index >= 15 is 4.39 Å². The molecule has 2 aromatic heterocycles. The van der Waals surface area contributed by atoms with E-state index in [1.54, 1.807) is 36.4 Å². The average Bonchev–Trinajstić information content (AvgIpc) is 2.91. The number of carboxylic acids is 1. The summed E-state index contributed by atoms with van der Waals surface area (Å²) in [5, 5.41) is 12.4. The predicted octanol–water partition coefficient (Wildman–Crippen LogP) is 3.43. The average molecular weight is 525 g/mol. The smallest absolute Gasteiger partial charge is 0.387 e. The fourth-order valence-electron chi connectivity index (χ4n) is 4.70. The highest BCUT2D eigenvalue weighted by Crippen LogP contribution is 2.42. The van der Waals surface area contributed by atoms with Crippen molar-refractivity contribution in [1.82, 2.24) is 19.9 Å². The number of anilines is 1. The number of hydrogen-bond donors (Lipinski definition) is 2. The Morgan fingerprint density at radius 2 is 1.92 bits per heavy atom. The molecule has 1 fully saturated rings. The molecular formula is C26H22F3N5O4. The number of piperazine rings is 1. The highest BCUT2D eigenvalue weighted by atomic mass is 19.3. The van der Waals surface area contributed by atoms with Crippen LogP contribution in [-0.2, 0) is 6.54 Å². The second-order valence-electron chi connectivity index (χ2n) is 8.62. The molecule has 0 aliphatic carbocycles. The topological polar surface area (TPSA) is 110 Å². The Hall–Kier alpha value is -4.45. The normalized spacial score (nSPS) is 15.7. The second kappa shape index (κ2) is 10.5. The standard InChI is InChI=1S/C26H22F3N5O4/c27-18-11-16-20(33(13-15-5-2-1-3-6-15)14-17(22(16)35)25(36)37)23(38-26(28)29)21(18)34-10-9-30-12-19(34)24-31-7-4-8-32-24/h1-8,11,14,19,26,30H,9-10,12-13H2,(H,36,37). The molecule has 1 atom stereocenters. The number of nitrogens with zero attached hydrogens (tertiary/aromatic N) is 4. The number of alkyl halides is 2. The number of fused-ring (bicyclic) bond motifs is 1. The third kappa shape index (κ3) is 4.77. The van der Waals surface area contributed by atoms with Gasteiger partial charge in [-0.3, -0.25) is 4.79 Å². The molecule has 0 saturated carbocycles. The van der Waals surface area contributed by atoms with Gasteiger partial charge in [0.1, 0.15) is 17.3 Å². The Kier molecular flexibility index (Phi) is 6.97. The van der Waals surface area contributed by atoms with E-state index in [9.17, 15) is 23.5 Å². The van der Waals surface area contributed by atoms with Gasteiger partial charge in [-0.1, -0.05) is 30.3 Å². The zero-order valence-electron chi connectivity index (χ0n) is 19.9. The Morgan fingerprint density at radius 3 is 2.61 bits per heavy atom. The number of halogens is 3. The van der Waals surface area contributed by atoms with E-state index in [0.29, 0.717) is 24.5 Å². The molecule has 12 heteroatoms. The molecule has 2 N–H and O–H groups in total. The molecule has 2 aromatic carbocycles. The number of ether oxygens (including phenoxy) is 1. The lowest BCUT2D eigenvalue weighted by Crippen LogP contribution is -2.47. The van der Waals surface area contributed by atoms with Crippen LogP contribution in [0.1, 0.15) is 27.8 Å². The minimum Gasteiger partial charge on any atom is -0.477 e. The van der Waals surface area contributed by atoms with Gasteiger partial charge in [0.2, 0.25) is 5.43 Å². The van der Waals surface area contributed by atoms with Gasteiger partial charge in [-0.15, -0.1) is 0 Å². The van der Waals surface area contributed by atoms with Gasteiger partial charge in [-0.2, -0.15) is 8.78 Å². The highest BCUT2D eigenvalue weighted by molar-refractivity contribution is 5.97. The lowest BCUT2D eigenvalue weighted by Gasteiger charge is -2.38. The van der Waals surface area contributed by atoms with Crippen molar-refractivity contribution in [1.29, 1.82) is 0 Å². The maximum Gasteiger partial charge on any atom is 0.387 e. The molecule has 1 saturated heterocycles. The zero-order chi connectivity index (χ0) is 26.8. The van der Waals surface area contributed by atoms with Gasteiger partial charge < -0.3 is 24.6 Å². The molecule has 38 heavy (non-hydrogen) atoms. The lowest BCUT2D eigenvalue weighted by atomic mass is 10.0. The van der Waals surface area contributed by atoms with E-state index < -0.39 is 41.2 Å². The van der Waals surface area contributed by atoms with Crippen molar-refractivity contribution < 1.29 is 27.8 Å². The number of nitrogens with one attached hydrogen (secondary N) is 1. The van der Waals surface area contributed by atoms with Gasteiger partial charge >= 0.3 is 12.6 Å². The van der Waals surface area contributed by atoms with Gasteiger partial charge in [0.15, 0.2) is 17.4 Å². The lowest BCUT2D eigenvalue weighted by molar-refractivity contribution is -0.0489. The number of carboxylic acid groups (broad SMARTS) is 1. The molecule has 1 aliphatic heterocycles. The number of benzene rings is 2. The van der Waals surface area contributed by atoms with Crippen molar-refractivity contribution >= 4 is 22.6 Å². The molecular weight excluding hydrogens is 503 g/mol. The van der Waals surface area contributed by atoms with Crippen molar-refractivity contribution in [3.63, 3.8) is 0 Å². The van der Waals surface area contributed by atoms with Crippen LogP contribution in [0.15, 0.2) is 65.8 Å². The number of pyridine rings is 1. The first-order chi connectivity index (χ1) is 18.3. The molecule has 0 amide bonds. The summed E-state index contributed by atoms with van der Waals surface area (Å²) in [7, 11) is 0. The second-order valence-corrected chi connectivity index (χ2v) is 8.62. The molecule has 196 valence electrons. The number of aromatic nitrogens is 3. The summed E-state index contributed by atoms with van der Waals surface area (Å²) < 4.78 is 49.8. The van der Waals surface area contributed by atoms with Crippen LogP contribution in [0.2, 0.25) is 0 Å². The van der Waals surface area contributed by atoms with E-state index in [1.807, 2.05) is 0 Å². The third-order valence-corrected chi connectivity index (χ3v) is 6.29. The van der Waals surface area contributed by atoms with Crippen LogP contribution >= 0.6 is 0 Å². The number of rotatable bonds is 7. The molecule has 1 aliphatic rings. The quantitative estimate of drug-likeness (QED) is 0.378. The Bertz CT molecular complexity index is 1530. The number of carbonyl (C=O) groups is 1. The van der Waals surface area contributed by atoms with Crippen molar-refractivity contribution in [3.05, 3.63) is 94.0 Å². The van der Waals surface area contributed by atoms with Crippen molar-refractivity contribution in [2.45, 2.75) is 19.2 Å². The van der Waals surface area contributed by atoms with Gasteiger partial charge in [0.25, 0.3) is 0 Å². The molecule has 0 radical (unpaired) electrons. The molecule has 1 unspecified atom stereocenters. The molecule has 0 bridgehead atoms. The van der Waals surface area contributed by atoms with Gasteiger partial charge in [0, 0.05) is 44.8 Å². The Labute approximate surface area is 214 Å². The van der Waals surface area contributed by atoms with E-state index in [4.69, 9.17) is 4.74 Å². The zero-order valence-corrected chi connectivity index (χ0v) is 19.9. The SMILES string of the molecule is O=C(O)c1cn(Cc2ccccc2)c2c(OC(F)F)c(N3CCNCC3c3ncccn3)c(F)cc2c1=O. The first-order valence-corrected chi connectivity index (χ1v) is 11.7. The predicted molar refractivity (Wildman–Crippen MR) is 132 cm³/mol. The van der Waals surface area contributed by atoms with Gasteiger partial charge in [-0.05, 0) is 17.7 Å². The highest BCUT2D eigenvalue weighted by Gasteiger charge is 2.34. The molecule has 0 spiro atoms. The number of aromatic carboxylic acids is 1. The van der Waals surface area contributed by atoms with Crippen LogP contribution in [0.5, 0.6) is 5.75 Å². The van der Waals surface area contributed by atoms with E-state index in [0.717, 1.165) is 12.3 Å². The number of hydrogen-bond acceptors (Lipinski definition) is 7. The summed E-state index contributed by atoms with van der Waals surface area (Å²) in [6.07, 6.45) is 4.11. The fourth-order valence-corrected chi connectivity index (χ4v) is 4.70. The van der Waals surface area contributed by atoms with Crippen molar-refractivity contribution in [2.75, 3.05) is 24.5 Å².